The molecule has 1 rings (SSSR count). The van der Waals surface area contributed by atoms with Crippen molar-refractivity contribution in [2.45, 2.75) is 12.7 Å². The van der Waals surface area contributed by atoms with Gasteiger partial charge in [-0.2, -0.15) is 0 Å². The van der Waals surface area contributed by atoms with Crippen molar-refractivity contribution >= 4 is 5.97 Å². The van der Waals surface area contributed by atoms with Gasteiger partial charge in [0.1, 0.15) is 0 Å². The molecule has 0 aliphatic rings. The number of methoxy groups -OCH3 is 2. The number of benzene rings is 1. The number of carbonyl (C=O) groups is 1. The summed E-state index contributed by atoms with van der Waals surface area (Å²) >= 11 is 0. The van der Waals surface area contributed by atoms with E-state index >= 15 is 0 Å². The van der Waals surface area contributed by atoms with Crippen molar-refractivity contribution in [2.75, 3.05) is 14.2 Å². The topological polar surface area (TPSA) is 76.0 Å². The van der Waals surface area contributed by atoms with E-state index in [-0.39, 0.29) is 17.9 Å². The van der Waals surface area contributed by atoms with Crippen molar-refractivity contribution < 1.29 is 28.9 Å². The van der Waals surface area contributed by atoms with Crippen LogP contribution in [0.25, 0.3) is 0 Å². The minimum absolute atomic E-state index is 0.111. The molecule has 0 saturated heterocycles. The molecule has 0 amide bonds. The van der Waals surface area contributed by atoms with Crippen LogP contribution in [0.5, 0.6) is 5.75 Å². The van der Waals surface area contributed by atoms with Crippen LogP contribution >= 0.6 is 0 Å². The van der Waals surface area contributed by atoms with Gasteiger partial charge in [-0.25, -0.2) is 9.18 Å². The van der Waals surface area contributed by atoms with Gasteiger partial charge >= 0.3 is 5.97 Å². The zero-order chi connectivity index (χ0) is 13.0. The van der Waals surface area contributed by atoms with Crippen LogP contribution in [0, 0.1) is 5.82 Å². The molecule has 94 valence electrons. The van der Waals surface area contributed by atoms with Gasteiger partial charge in [0, 0.05) is 12.7 Å². The lowest BCUT2D eigenvalue weighted by Crippen LogP contribution is -2.13. The zero-order valence-electron chi connectivity index (χ0n) is 9.44. The van der Waals surface area contributed by atoms with E-state index in [1.807, 2.05) is 0 Å². The Hall–Kier alpha value is -1.66. The summed E-state index contributed by atoms with van der Waals surface area (Å²) in [7, 11) is 2.63. The second kappa shape index (κ2) is 5.60. The van der Waals surface area contributed by atoms with Gasteiger partial charge in [-0.15, -0.1) is 0 Å². The van der Waals surface area contributed by atoms with E-state index in [4.69, 9.17) is 14.6 Å². The maximum Gasteiger partial charge on any atom is 0.337 e. The Bertz CT molecular complexity index is 419. The van der Waals surface area contributed by atoms with Crippen molar-refractivity contribution in [2.24, 2.45) is 0 Å². The molecular weight excluding hydrogens is 231 g/mol. The van der Waals surface area contributed by atoms with Gasteiger partial charge < -0.3 is 19.7 Å². The number of rotatable bonds is 5. The van der Waals surface area contributed by atoms with Crippen molar-refractivity contribution in [1.29, 1.82) is 0 Å². The summed E-state index contributed by atoms with van der Waals surface area (Å²) in [5, 5.41) is 18.1. The van der Waals surface area contributed by atoms with Gasteiger partial charge in [-0.05, 0) is 17.7 Å². The maximum atomic E-state index is 13.6. The fourth-order valence-corrected chi connectivity index (χ4v) is 1.47. The maximum absolute atomic E-state index is 13.6. The van der Waals surface area contributed by atoms with Gasteiger partial charge in [0.2, 0.25) is 0 Å². The van der Waals surface area contributed by atoms with E-state index in [0.29, 0.717) is 5.56 Å². The van der Waals surface area contributed by atoms with Crippen LogP contribution in [0.3, 0.4) is 0 Å². The molecule has 0 aliphatic carbocycles. The third-order valence-electron chi connectivity index (χ3n) is 2.18. The molecular formula is C11H13FO5. The van der Waals surface area contributed by atoms with E-state index in [1.165, 1.54) is 26.4 Å². The predicted molar refractivity (Wildman–Crippen MR) is 56.3 cm³/mol. The first-order valence-electron chi connectivity index (χ1n) is 4.77. The van der Waals surface area contributed by atoms with Crippen LogP contribution in [0.2, 0.25) is 0 Å². The molecule has 5 nitrogen and oxygen atoms in total. The number of ether oxygens (including phenoxy) is 2. The first-order valence-corrected chi connectivity index (χ1v) is 4.77. The number of hydrogen-bond acceptors (Lipinski definition) is 4. The average Bonchev–Trinajstić information content (AvgIpc) is 2.27. The highest BCUT2D eigenvalue weighted by Crippen LogP contribution is 2.30. The van der Waals surface area contributed by atoms with Gasteiger partial charge in [0.25, 0.3) is 0 Å². The Kier molecular flexibility index (Phi) is 4.42. The molecule has 0 aromatic heterocycles. The Balaban J connectivity index is 3.28. The Labute approximate surface area is 97.4 Å². The van der Waals surface area contributed by atoms with Crippen molar-refractivity contribution in [3.8, 4) is 5.75 Å². The molecule has 0 saturated carbocycles. The molecule has 1 unspecified atom stereocenters. The SMILES string of the molecule is COCc1cc(F)c(OC)c(C(O)C(=O)O)c1. The van der Waals surface area contributed by atoms with Crippen molar-refractivity contribution in [1.82, 2.24) is 0 Å². The predicted octanol–water partition coefficient (Wildman–Crippen LogP) is 1.10. The smallest absolute Gasteiger partial charge is 0.337 e. The quantitative estimate of drug-likeness (QED) is 0.811. The second-order valence-electron chi connectivity index (χ2n) is 3.37. The Morgan fingerprint density at radius 2 is 2.12 bits per heavy atom. The molecule has 6 heteroatoms. The molecule has 0 fully saturated rings. The molecule has 0 radical (unpaired) electrons. The summed E-state index contributed by atoms with van der Waals surface area (Å²) < 4.78 is 23.1. The first-order chi connectivity index (χ1) is 8.01. The van der Waals surface area contributed by atoms with Crippen LogP contribution in [0.4, 0.5) is 4.39 Å². The normalized spacial score (nSPS) is 12.2. The third kappa shape index (κ3) is 2.92. The number of halogens is 1. The molecule has 0 aliphatic heterocycles. The van der Waals surface area contributed by atoms with Gasteiger partial charge in [0.15, 0.2) is 17.7 Å². The highest BCUT2D eigenvalue weighted by atomic mass is 19.1. The summed E-state index contributed by atoms with van der Waals surface area (Å²) in [5.41, 5.74) is 0.285. The van der Waals surface area contributed by atoms with Crippen molar-refractivity contribution in [3.63, 3.8) is 0 Å². The van der Waals surface area contributed by atoms with Crippen LogP contribution in [0.1, 0.15) is 17.2 Å². The van der Waals surface area contributed by atoms with E-state index in [1.54, 1.807) is 0 Å². The summed E-state index contributed by atoms with van der Waals surface area (Å²) in [6.45, 7) is 0.111. The second-order valence-corrected chi connectivity index (χ2v) is 3.37. The number of aliphatic carboxylic acids is 1. The van der Waals surface area contributed by atoms with Crippen LogP contribution < -0.4 is 4.74 Å². The van der Waals surface area contributed by atoms with E-state index in [2.05, 4.69) is 0 Å². The highest BCUT2D eigenvalue weighted by Gasteiger charge is 2.23. The fourth-order valence-electron chi connectivity index (χ4n) is 1.47. The number of carboxylic acids is 1. The standard InChI is InChI=1S/C11H13FO5/c1-16-5-6-3-7(9(13)11(14)15)10(17-2)8(12)4-6/h3-4,9,13H,5H2,1-2H3,(H,14,15). The number of aliphatic hydroxyl groups is 1. The van der Waals surface area contributed by atoms with E-state index < -0.39 is 17.9 Å². The largest absolute Gasteiger partial charge is 0.493 e. The van der Waals surface area contributed by atoms with Crippen molar-refractivity contribution in [3.05, 3.63) is 29.1 Å². The number of carboxylic acid groups (broad SMARTS) is 1. The molecule has 0 heterocycles. The number of hydrogen-bond donors (Lipinski definition) is 2. The minimum Gasteiger partial charge on any atom is -0.493 e. The van der Waals surface area contributed by atoms with Crippen LogP contribution in [-0.2, 0) is 16.1 Å². The fraction of sp³-hybridized carbons (Fsp3) is 0.364. The summed E-state index contributed by atoms with van der Waals surface area (Å²) in [6.07, 6.45) is -1.84. The van der Waals surface area contributed by atoms with E-state index in [0.717, 1.165) is 0 Å². The van der Waals surface area contributed by atoms with Crippen LogP contribution in [0.15, 0.2) is 12.1 Å². The van der Waals surface area contributed by atoms with Gasteiger partial charge in [-0.1, -0.05) is 0 Å². The lowest BCUT2D eigenvalue weighted by molar-refractivity contribution is -0.147. The zero-order valence-corrected chi connectivity index (χ0v) is 9.44. The Morgan fingerprint density at radius 3 is 2.59 bits per heavy atom. The van der Waals surface area contributed by atoms with E-state index in [9.17, 15) is 14.3 Å². The monoisotopic (exact) mass is 244 g/mol. The molecule has 0 spiro atoms. The summed E-state index contributed by atoms with van der Waals surface area (Å²) in [5.74, 6) is -2.49. The van der Waals surface area contributed by atoms with Gasteiger partial charge in [-0.3, -0.25) is 0 Å². The molecule has 2 N–H and O–H groups in total. The molecule has 1 atom stereocenters. The Morgan fingerprint density at radius 1 is 1.47 bits per heavy atom. The average molecular weight is 244 g/mol. The first kappa shape index (κ1) is 13.4. The highest BCUT2D eigenvalue weighted by molar-refractivity contribution is 5.75. The lowest BCUT2D eigenvalue weighted by Gasteiger charge is -2.14. The molecule has 17 heavy (non-hydrogen) atoms. The third-order valence-corrected chi connectivity index (χ3v) is 2.18. The summed E-state index contributed by atoms with van der Waals surface area (Å²) in [6, 6.07) is 2.50. The lowest BCUT2D eigenvalue weighted by atomic mass is 10.0. The van der Waals surface area contributed by atoms with Crippen LogP contribution in [-0.4, -0.2) is 30.4 Å². The number of aliphatic hydroxyl groups excluding tert-OH is 1. The molecule has 1 aromatic rings. The molecule has 0 bridgehead atoms. The molecule has 1 aromatic carbocycles. The minimum atomic E-state index is -1.84. The van der Waals surface area contributed by atoms with Gasteiger partial charge in [0.05, 0.1) is 13.7 Å². The summed E-state index contributed by atoms with van der Waals surface area (Å²) in [4.78, 5) is 10.7.